The van der Waals surface area contributed by atoms with Crippen LogP contribution >= 0.6 is 0 Å². The van der Waals surface area contributed by atoms with Crippen molar-refractivity contribution in [3.63, 3.8) is 0 Å². The van der Waals surface area contributed by atoms with E-state index in [2.05, 4.69) is 57.3 Å². The first-order valence-electron chi connectivity index (χ1n) is 7.83. The maximum atomic E-state index is 3.52. The van der Waals surface area contributed by atoms with Gasteiger partial charge in [0.25, 0.3) is 0 Å². The quantitative estimate of drug-likeness (QED) is 0.786. The van der Waals surface area contributed by atoms with Gasteiger partial charge in [-0.25, -0.2) is 0 Å². The summed E-state index contributed by atoms with van der Waals surface area (Å²) < 4.78 is 0. The Hall–Kier alpha value is -0.820. The van der Waals surface area contributed by atoms with E-state index >= 15 is 0 Å². The lowest BCUT2D eigenvalue weighted by Crippen LogP contribution is -2.29. The number of hydrogen-bond acceptors (Lipinski definition) is 1. The van der Waals surface area contributed by atoms with Crippen molar-refractivity contribution in [3.05, 3.63) is 35.4 Å². The van der Waals surface area contributed by atoms with Gasteiger partial charge in [0.2, 0.25) is 0 Å². The Morgan fingerprint density at radius 1 is 1.16 bits per heavy atom. The molecule has 0 amide bonds. The molecule has 19 heavy (non-hydrogen) atoms. The van der Waals surface area contributed by atoms with E-state index in [1.54, 1.807) is 5.56 Å². The summed E-state index contributed by atoms with van der Waals surface area (Å²) in [5.74, 6) is 0.847. The monoisotopic (exact) mass is 259 g/mol. The summed E-state index contributed by atoms with van der Waals surface area (Å²) >= 11 is 0. The third kappa shape index (κ3) is 3.82. The number of benzene rings is 1. The van der Waals surface area contributed by atoms with Gasteiger partial charge in [0.05, 0.1) is 0 Å². The van der Waals surface area contributed by atoms with E-state index in [1.165, 1.54) is 31.2 Å². The van der Waals surface area contributed by atoms with Gasteiger partial charge in [-0.2, -0.15) is 0 Å². The molecule has 1 fully saturated rings. The van der Waals surface area contributed by atoms with Crippen LogP contribution in [-0.2, 0) is 5.41 Å². The molecule has 0 heterocycles. The molecule has 0 spiro atoms. The highest BCUT2D eigenvalue weighted by Crippen LogP contribution is 2.37. The minimum absolute atomic E-state index is 0.264. The first kappa shape index (κ1) is 14.6. The highest BCUT2D eigenvalue weighted by Gasteiger charge is 2.22. The van der Waals surface area contributed by atoms with Crippen molar-refractivity contribution in [2.75, 3.05) is 6.54 Å². The van der Waals surface area contributed by atoms with Crippen LogP contribution in [0.3, 0.4) is 0 Å². The fourth-order valence-corrected chi connectivity index (χ4v) is 2.77. The summed E-state index contributed by atoms with van der Waals surface area (Å²) in [7, 11) is 0. The standard InChI is InChI=1S/C18H29N/c1-14(2)19-13-12-18(3,4)17-10-8-16(9-11-17)15-6-5-7-15/h8-11,14-15,19H,5-7,12-13H2,1-4H3. The third-order valence-corrected chi connectivity index (χ3v) is 4.57. The van der Waals surface area contributed by atoms with Crippen molar-refractivity contribution < 1.29 is 0 Å². The highest BCUT2D eigenvalue weighted by atomic mass is 14.9. The smallest absolute Gasteiger partial charge is 0.00103 e. The van der Waals surface area contributed by atoms with Crippen molar-refractivity contribution in [2.24, 2.45) is 0 Å². The zero-order valence-corrected chi connectivity index (χ0v) is 13.0. The molecular weight excluding hydrogens is 230 g/mol. The summed E-state index contributed by atoms with van der Waals surface area (Å²) in [6, 6.07) is 10.00. The van der Waals surface area contributed by atoms with Crippen LogP contribution in [0.15, 0.2) is 24.3 Å². The molecule has 2 rings (SSSR count). The Morgan fingerprint density at radius 3 is 2.26 bits per heavy atom. The maximum absolute atomic E-state index is 3.52. The highest BCUT2D eigenvalue weighted by molar-refractivity contribution is 5.30. The second-order valence-corrected chi connectivity index (χ2v) is 6.99. The van der Waals surface area contributed by atoms with Crippen molar-refractivity contribution in [1.29, 1.82) is 0 Å². The van der Waals surface area contributed by atoms with Crippen LogP contribution in [0.2, 0.25) is 0 Å². The van der Waals surface area contributed by atoms with Crippen molar-refractivity contribution in [3.8, 4) is 0 Å². The predicted molar refractivity (Wildman–Crippen MR) is 83.8 cm³/mol. The van der Waals surface area contributed by atoms with Gasteiger partial charge in [-0.1, -0.05) is 58.4 Å². The van der Waals surface area contributed by atoms with Crippen molar-refractivity contribution in [1.82, 2.24) is 5.32 Å². The molecule has 1 aromatic carbocycles. The lowest BCUT2D eigenvalue weighted by Gasteiger charge is -2.29. The number of hydrogen-bond donors (Lipinski definition) is 1. The van der Waals surface area contributed by atoms with Crippen LogP contribution in [-0.4, -0.2) is 12.6 Å². The van der Waals surface area contributed by atoms with Gasteiger partial charge in [0, 0.05) is 6.04 Å². The lowest BCUT2D eigenvalue weighted by molar-refractivity contribution is 0.418. The summed E-state index contributed by atoms with van der Waals surface area (Å²) in [6.45, 7) is 10.2. The van der Waals surface area contributed by atoms with E-state index in [1.807, 2.05) is 0 Å². The van der Waals surface area contributed by atoms with Gasteiger partial charge in [-0.3, -0.25) is 0 Å². The van der Waals surface area contributed by atoms with Crippen molar-refractivity contribution >= 4 is 0 Å². The summed E-state index contributed by atoms with van der Waals surface area (Å²) in [4.78, 5) is 0. The average Bonchev–Trinajstić information content (AvgIpc) is 2.26. The molecule has 106 valence electrons. The van der Waals surface area contributed by atoms with E-state index in [0.29, 0.717) is 6.04 Å². The molecule has 1 heteroatoms. The molecule has 1 saturated carbocycles. The van der Waals surface area contributed by atoms with Crippen LogP contribution in [0.5, 0.6) is 0 Å². The first-order valence-corrected chi connectivity index (χ1v) is 7.83. The summed E-state index contributed by atoms with van der Waals surface area (Å²) in [5, 5.41) is 3.52. The van der Waals surface area contributed by atoms with Crippen LogP contribution < -0.4 is 5.32 Å². The molecule has 1 aliphatic rings. The zero-order chi connectivity index (χ0) is 13.9. The largest absolute Gasteiger partial charge is 0.315 e. The van der Waals surface area contributed by atoms with Gasteiger partial charge in [-0.05, 0) is 48.3 Å². The van der Waals surface area contributed by atoms with E-state index in [4.69, 9.17) is 0 Å². The SMILES string of the molecule is CC(C)NCCC(C)(C)c1ccc(C2CCC2)cc1. The molecule has 0 saturated heterocycles. The molecular formula is C18H29N. The lowest BCUT2D eigenvalue weighted by atomic mass is 9.77. The Labute approximate surface area is 118 Å². The van der Waals surface area contributed by atoms with Gasteiger partial charge in [0.15, 0.2) is 0 Å². The predicted octanol–water partition coefficient (Wildman–Crippen LogP) is 4.62. The topological polar surface area (TPSA) is 12.0 Å². The second-order valence-electron chi connectivity index (χ2n) is 6.99. The normalized spacial score (nSPS) is 16.7. The number of rotatable bonds is 6. The zero-order valence-electron chi connectivity index (χ0n) is 13.0. The summed E-state index contributed by atoms with van der Waals surface area (Å²) in [5.41, 5.74) is 3.28. The third-order valence-electron chi connectivity index (χ3n) is 4.57. The molecule has 0 radical (unpaired) electrons. The molecule has 1 N–H and O–H groups in total. The molecule has 0 unspecified atom stereocenters. The summed E-state index contributed by atoms with van der Waals surface area (Å²) in [6.07, 6.45) is 5.38. The Balaban J connectivity index is 1.95. The van der Waals surface area contributed by atoms with E-state index in [-0.39, 0.29) is 5.41 Å². The molecule has 0 bridgehead atoms. The first-order chi connectivity index (χ1) is 8.99. The van der Waals surface area contributed by atoms with Gasteiger partial charge in [0.1, 0.15) is 0 Å². The average molecular weight is 259 g/mol. The Bertz CT molecular complexity index is 385. The fraction of sp³-hybridized carbons (Fsp3) is 0.667. The molecule has 0 atom stereocenters. The Kier molecular flexibility index (Phi) is 4.67. The molecule has 1 aromatic rings. The fourth-order valence-electron chi connectivity index (χ4n) is 2.77. The maximum Gasteiger partial charge on any atom is 0.00103 e. The van der Waals surface area contributed by atoms with Crippen LogP contribution in [0.4, 0.5) is 0 Å². The van der Waals surface area contributed by atoms with E-state index < -0.39 is 0 Å². The van der Waals surface area contributed by atoms with Crippen LogP contribution in [0.1, 0.15) is 70.4 Å². The number of nitrogens with one attached hydrogen (secondary N) is 1. The minimum Gasteiger partial charge on any atom is -0.315 e. The molecule has 1 aliphatic carbocycles. The van der Waals surface area contributed by atoms with Gasteiger partial charge in [-0.15, -0.1) is 0 Å². The van der Waals surface area contributed by atoms with E-state index in [9.17, 15) is 0 Å². The Morgan fingerprint density at radius 2 is 1.79 bits per heavy atom. The van der Waals surface area contributed by atoms with Crippen molar-refractivity contribution in [2.45, 2.75) is 70.8 Å². The van der Waals surface area contributed by atoms with E-state index in [0.717, 1.165) is 12.5 Å². The molecule has 0 aliphatic heterocycles. The molecule has 0 aromatic heterocycles. The van der Waals surface area contributed by atoms with Gasteiger partial charge < -0.3 is 5.32 Å². The minimum atomic E-state index is 0.264. The molecule has 1 nitrogen and oxygen atoms in total. The van der Waals surface area contributed by atoms with Crippen LogP contribution in [0.25, 0.3) is 0 Å². The van der Waals surface area contributed by atoms with Gasteiger partial charge >= 0.3 is 0 Å². The van der Waals surface area contributed by atoms with Crippen LogP contribution in [0, 0.1) is 0 Å². The second kappa shape index (κ2) is 6.09.